The first-order valence-electron chi connectivity index (χ1n) is 7.86. The molecule has 0 unspecified atom stereocenters. The van der Waals surface area contributed by atoms with Gasteiger partial charge in [0.1, 0.15) is 0 Å². The van der Waals surface area contributed by atoms with Crippen molar-refractivity contribution in [1.29, 1.82) is 0 Å². The lowest BCUT2D eigenvalue weighted by molar-refractivity contribution is 0.0954. The molecule has 0 spiro atoms. The van der Waals surface area contributed by atoms with Crippen molar-refractivity contribution in [3.63, 3.8) is 0 Å². The van der Waals surface area contributed by atoms with Gasteiger partial charge in [0, 0.05) is 38.9 Å². The zero-order valence-corrected chi connectivity index (χ0v) is 14.3. The molecule has 0 fully saturated rings. The maximum atomic E-state index is 12.0. The van der Waals surface area contributed by atoms with Crippen LogP contribution in [0.4, 0.5) is 0 Å². The number of aromatic nitrogens is 2. The predicted molar refractivity (Wildman–Crippen MR) is 94.9 cm³/mol. The molecule has 0 bridgehead atoms. The summed E-state index contributed by atoms with van der Waals surface area (Å²) >= 11 is 0. The second kappa shape index (κ2) is 8.71. The fraction of sp³-hybridized carbons (Fsp3) is 0.353. The summed E-state index contributed by atoms with van der Waals surface area (Å²) in [7, 11) is 3.61. The van der Waals surface area contributed by atoms with Crippen LogP contribution in [0.2, 0.25) is 0 Å². The van der Waals surface area contributed by atoms with E-state index in [1.165, 1.54) is 0 Å². The lowest BCUT2D eigenvalue weighted by atomic mass is 10.1. The zero-order valence-electron chi connectivity index (χ0n) is 14.3. The largest absolute Gasteiger partial charge is 0.355 e. The van der Waals surface area contributed by atoms with E-state index in [-0.39, 0.29) is 5.91 Å². The first-order chi connectivity index (χ1) is 11.6. The van der Waals surface area contributed by atoms with Gasteiger partial charge in [-0.1, -0.05) is 17.7 Å². The van der Waals surface area contributed by atoms with Gasteiger partial charge in [0.2, 0.25) is 0 Å². The molecule has 3 N–H and O–H groups in total. The Hall–Kier alpha value is -2.83. The molecule has 2 rings (SSSR count). The highest BCUT2D eigenvalue weighted by Gasteiger charge is 2.05. The Labute approximate surface area is 142 Å². The topological polar surface area (TPSA) is 83.3 Å². The minimum absolute atomic E-state index is 0.0710. The zero-order chi connectivity index (χ0) is 17.4. The predicted octanol–water partition coefficient (Wildman–Crippen LogP) is 0.824. The fourth-order valence-corrected chi connectivity index (χ4v) is 2.21. The summed E-state index contributed by atoms with van der Waals surface area (Å²) in [5.74, 6) is 0.610. The van der Waals surface area contributed by atoms with E-state index in [4.69, 9.17) is 0 Å². The van der Waals surface area contributed by atoms with Crippen molar-refractivity contribution in [3.05, 3.63) is 53.3 Å². The van der Waals surface area contributed by atoms with E-state index in [0.29, 0.717) is 31.2 Å². The molecule has 0 aliphatic rings. The van der Waals surface area contributed by atoms with Crippen LogP contribution in [0.3, 0.4) is 0 Å². The van der Waals surface area contributed by atoms with Gasteiger partial charge in [-0.05, 0) is 25.1 Å². The minimum Gasteiger partial charge on any atom is -0.355 e. The van der Waals surface area contributed by atoms with Crippen molar-refractivity contribution < 1.29 is 4.79 Å². The number of nitrogens with one attached hydrogen (secondary N) is 3. The molecule has 128 valence electrons. The normalized spacial score (nSPS) is 11.2. The van der Waals surface area contributed by atoms with Crippen LogP contribution in [0, 0.1) is 6.92 Å². The second-order valence-electron chi connectivity index (χ2n) is 5.42. The van der Waals surface area contributed by atoms with Crippen molar-refractivity contribution in [3.8, 4) is 0 Å². The fourth-order valence-electron chi connectivity index (χ4n) is 2.21. The number of carbonyl (C=O) groups is 1. The standard InChI is InChI=1S/C17H24N6O/c1-13-5-4-6-14(11-13)16(24)19-9-10-20-17(18-2)21-12-15-7-8-22-23(15)3/h4-8,11H,9-10,12H2,1-3H3,(H,19,24)(H2,18,20,21). The van der Waals surface area contributed by atoms with Gasteiger partial charge in [-0.2, -0.15) is 5.10 Å². The van der Waals surface area contributed by atoms with Gasteiger partial charge in [0.25, 0.3) is 5.91 Å². The average molecular weight is 328 g/mol. The number of aryl methyl sites for hydroxylation is 2. The first kappa shape index (κ1) is 17.5. The third kappa shape index (κ3) is 5.12. The van der Waals surface area contributed by atoms with Crippen LogP contribution in [0.25, 0.3) is 0 Å². The van der Waals surface area contributed by atoms with Gasteiger partial charge in [0.15, 0.2) is 5.96 Å². The third-order valence-corrected chi connectivity index (χ3v) is 3.57. The highest BCUT2D eigenvalue weighted by Crippen LogP contribution is 2.03. The van der Waals surface area contributed by atoms with Gasteiger partial charge >= 0.3 is 0 Å². The maximum absolute atomic E-state index is 12.0. The van der Waals surface area contributed by atoms with Gasteiger partial charge in [-0.15, -0.1) is 0 Å². The quantitative estimate of drug-likeness (QED) is 0.416. The summed E-state index contributed by atoms with van der Waals surface area (Å²) in [5.41, 5.74) is 2.81. The minimum atomic E-state index is -0.0710. The summed E-state index contributed by atoms with van der Waals surface area (Å²) in [6.45, 7) is 3.70. The van der Waals surface area contributed by atoms with E-state index in [1.54, 1.807) is 13.2 Å². The molecule has 1 aromatic heterocycles. The highest BCUT2D eigenvalue weighted by molar-refractivity contribution is 5.94. The SMILES string of the molecule is CN=C(NCCNC(=O)c1cccc(C)c1)NCc1ccnn1C. The maximum Gasteiger partial charge on any atom is 0.251 e. The van der Waals surface area contributed by atoms with Crippen LogP contribution in [0.5, 0.6) is 0 Å². The molecule has 7 nitrogen and oxygen atoms in total. The molecule has 24 heavy (non-hydrogen) atoms. The molecule has 0 saturated carbocycles. The lowest BCUT2D eigenvalue weighted by Crippen LogP contribution is -2.41. The van der Waals surface area contributed by atoms with Crippen LogP contribution in [-0.2, 0) is 13.6 Å². The summed E-state index contributed by atoms with van der Waals surface area (Å²) in [4.78, 5) is 16.2. The molecule has 0 atom stereocenters. The van der Waals surface area contributed by atoms with E-state index >= 15 is 0 Å². The monoisotopic (exact) mass is 328 g/mol. The van der Waals surface area contributed by atoms with Crippen LogP contribution < -0.4 is 16.0 Å². The van der Waals surface area contributed by atoms with Crippen LogP contribution in [0.15, 0.2) is 41.5 Å². The van der Waals surface area contributed by atoms with Crippen molar-refractivity contribution in [2.75, 3.05) is 20.1 Å². The smallest absolute Gasteiger partial charge is 0.251 e. The summed E-state index contributed by atoms with van der Waals surface area (Å²) in [5, 5.41) is 13.4. The first-order valence-corrected chi connectivity index (χ1v) is 7.86. The molecule has 0 aliphatic heterocycles. The lowest BCUT2D eigenvalue weighted by Gasteiger charge is -2.12. The molecule has 1 heterocycles. The Morgan fingerprint density at radius 1 is 1.21 bits per heavy atom. The molecule has 2 aromatic rings. The number of amides is 1. The number of aliphatic imine (C=N–C) groups is 1. The van der Waals surface area contributed by atoms with E-state index in [0.717, 1.165) is 11.3 Å². The molecule has 7 heteroatoms. The van der Waals surface area contributed by atoms with E-state index < -0.39 is 0 Å². The van der Waals surface area contributed by atoms with Gasteiger partial charge in [-0.3, -0.25) is 14.5 Å². The average Bonchev–Trinajstić information content (AvgIpc) is 2.99. The number of carbonyl (C=O) groups excluding carboxylic acids is 1. The summed E-state index contributed by atoms with van der Waals surface area (Å²) < 4.78 is 1.81. The van der Waals surface area contributed by atoms with Crippen molar-refractivity contribution >= 4 is 11.9 Å². The molecule has 0 saturated heterocycles. The Bertz CT molecular complexity index is 707. The van der Waals surface area contributed by atoms with Crippen LogP contribution in [0.1, 0.15) is 21.6 Å². The Morgan fingerprint density at radius 2 is 2.00 bits per heavy atom. The second-order valence-corrected chi connectivity index (χ2v) is 5.42. The molecular weight excluding hydrogens is 304 g/mol. The number of guanidine groups is 1. The van der Waals surface area contributed by atoms with Crippen molar-refractivity contribution in [1.82, 2.24) is 25.7 Å². The Morgan fingerprint density at radius 3 is 2.67 bits per heavy atom. The third-order valence-electron chi connectivity index (χ3n) is 3.57. The number of hydrogen-bond acceptors (Lipinski definition) is 3. The number of benzene rings is 1. The van der Waals surface area contributed by atoms with Gasteiger partial charge < -0.3 is 16.0 Å². The number of rotatable bonds is 6. The van der Waals surface area contributed by atoms with Crippen LogP contribution >= 0.6 is 0 Å². The summed E-state index contributed by atoms with van der Waals surface area (Å²) in [6, 6.07) is 9.48. The molecule has 0 aliphatic carbocycles. The van der Waals surface area contributed by atoms with E-state index in [9.17, 15) is 4.79 Å². The Kier molecular flexibility index (Phi) is 6.36. The molecule has 0 radical (unpaired) electrons. The van der Waals surface area contributed by atoms with Crippen LogP contribution in [-0.4, -0.2) is 41.8 Å². The molecule has 1 aromatic carbocycles. The van der Waals surface area contributed by atoms with Crippen molar-refractivity contribution in [2.45, 2.75) is 13.5 Å². The van der Waals surface area contributed by atoms with Gasteiger partial charge in [0.05, 0.1) is 12.2 Å². The highest BCUT2D eigenvalue weighted by atomic mass is 16.1. The van der Waals surface area contributed by atoms with E-state index in [1.807, 2.05) is 49.0 Å². The van der Waals surface area contributed by atoms with E-state index in [2.05, 4.69) is 26.0 Å². The van der Waals surface area contributed by atoms with Crippen molar-refractivity contribution in [2.24, 2.45) is 12.0 Å². The Balaban J connectivity index is 1.70. The van der Waals surface area contributed by atoms with Gasteiger partial charge in [-0.25, -0.2) is 0 Å². The summed E-state index contributed by atoms with van der Waals surface area (Å²) in [6.07, 6.45) is 1.76. The molecule has 1 amide bonds. The molecular formula is C17H24N6O. The number of hydrogen-bond donors (Lipinski definition) is 3. The number of nitrogens with zero attached hydrogens (tertiary/aromatic N) is 3.